The predicted molar refractivity (Wildman–Crippen MR) is 59.9 cm³/mol. The van der Waals surface area contributed by atoms with Gasteiger partial charge in [-0.1, -0.05) is 0 Å². The number of nitrogens with one attached hydrogen (secondary N) is 1. The summed E-state index contributed by atoms with van der Waals surface area (Å²) < 4.78 is 7.34. The molecule has 0 saturated heterocycles. The van der Waals surface area contributed by atoms with E-state index in [0.717, 1.165) is 30.4 Å². The fourth-order valence-corrected chi connectivity index (χ4v) is 1.44. The van der Waals surface area contributed by atoms with Crippen LogP contribution in [-0.4, -0.2) is 21.3 Å². The lowest BCUT2D eigenvalue weighted by molar-refractivity contribution is 0.441. The number of aromatic nitrogens is 3. The van der Waals surface area contributed by atoms with Gasteiger partial charge < -0.3 is 9.73 Å². The zero-order chi connectivity index (χ0) is 11.4. The summed E-state index contributed by atoms with van der Waals surface area (Å²) in [7, 11) is 0. The van der Waals surface area contributed by atoms with Crippen LogP contribution in [0.1, 0.15) is 17.3 Å². The fourth-order valence-electron chi connectivity index (χ4n) is 1.44. The zero-order valence-electron chi connectivity index (χ0n) is 9.60. The zero-order valence-corrected chi connectivity index (χ0v) is 9.60. The Morgan fingerprint density at radius 1 is 1.44 bits per heavy atom. The number of nitrogens with zero attached hydrogens (tertiary/aromatic N) is 3. The van der Waals surface area contributed by atoms with Crippen LogP contribution in [0.5, 0.6) is 0 Å². The topological polar surface area (TPSA) is 55.9 Å². The van der Waals surface area contributed by atoms with E-state index in [0.29, 0.717) is 6.54 Å². The maximum atomic E-state index is 5.46. The van der Waals surface area contributed by atoms with E-state index in [9.17, 15) is 0 Å². The van der Waals surface area contributed by atoms with Crippen LogP contribution in [0.15, 0.2) is 22.9 Å². The first-order chi connectivity index (χ1) is 7.75. The van der Waals surface area contributed by atoms with Gasteiger partial charge in [-0.25, -0.2) is 4.98 Å². The van der Waals surface area contributed by atoms with Gasteiger partial charge in [0.1, 0.15) is 5.76 Å². The summed E-state index contributed by atoms with van der Waals surface area (Å²) in [6.07, 6.45) is 3.72. The number of hydrogen-bond donors (Lipinski definition) is 1. The van der Waals surface area contributed by atoms with Gasteiger partial charge in [0.05, 0.1) is 18.8 Å². The predicted octanol–water partition coefficient (Wildman–Crippen LogP) is 1.28. The molecule has 0 amide bonds. The molecule has 0 unspecified atom stereocenters. The molecule has 0 aliphatic carbocycles. The van der Waals surface area contributed by atoms with Crippen molar-refractivity contribution in [2.45, 2.75) is 26.9 Å². The van der Waals surface area contributed by atoms with Crippen LogP contribution in [0.2, 0.25) is 0 Å². The molecule has 0 fully saturated rings. The molecule has 86 valence electrons. The quantitative estimate of drug-likeness (QED) is 0.771. The van der Waals surface area contributed by atoms with Gasteiger partial charge >= 0.3 is 0 Å². The first-order valence-corrected chi connectivity index (χ1v) is 5.37. The Morgan fingerprint density at radius 2 is 2.31 bits per heavy atom. The van der Waals surface area contributed by atoms with Gasteiger partial charge in [0, 0.05) is 18.9 Å². The Labute approximate surface area is 94.5 Å². The third-order valence-electron chi connectivity index (χ3n) is 2.43. The van der Waals surface area contributed by atoms with Crippen LogP contribution in [0.25, 0.3) is 0 Å². The molecule has 0 spiro atoms. The number of aryl methyl sites for hydroxylation is 2. The molecule has 2 rings (SSSR count). The first-order valence-electron chi connectivity index (χ1n) is 5.37. The van der Waals surface area contributed by atoms with Crippen LogP contribution in [-0.2, 0) is 13.1 Å². The molecule has 0 saturated carbocycles. The molecule has 0 bridgehead atoms. The van der Waals surface area contributed by atoms with Gasteiger partial charge in [0.25, 0.3) is 0 Å². The second-order valence-corrected chi connectivity index (χ2v) is 3.70. The maximum absolute atomic E-state index is 5.46. The Bertz CT molecular complexity index is 413. The minimum atomic E-state index is 0.663. The molecule has 2 heterocycles. The molecule has 2 aromatic heterocycles. The third kappa shape index (κ3) is 2.70. The molecular formula is C11H16N4O. The summed E-state index contributed by atoms with van der Waals surface area (Å²) in [5.74, 6) is 1.64. The van der Waals surface area contributed by atoms with E-state index < -0.39 is 0 Å². The van der Waals surface area contributed by atoms with Gasteiger partial charge in [0.2, 0.25) is 5.89 Å². The number of oxazole rings is 1. The first kappa shape index (κ1) is 10.9. The van der Waals surface area contributed by atoms with Crippen molar-refractivity contribution in [1.82, 2.24) is 20.1 Å². The molecular weight excluding hydrogens is 204 g/mol. The average molecular weight is 220 g/mol. The van der Waals surface area contributed by atoms with Crippen molar-refractivity contribution in [2.75, 3.05) is 6.54 Å². The van der Waals surface area contributed by atoms with E-state index in [1.807, 2.05) is 30.8 Å². The van der Waals surface area contributed by atoms with Gasteiger partial charge in [0.15, 0.2) is 0 Å². The summed E-state index contributed by atoms with van der Waals surface area (Å²) >= 11 is 0. The SMILES string of the molecule is Cc1nc(CNCCn2cccn2)oc1C. The third-order valence-corrected chi connectivity index (χ3v) is 2.43. The van der Waals surface area contributed by atoms with Crippen molar-refractivity contribution >= 4 is 0 Å². The molecule has 0 atom stereocenters. The van der Waals surface area contributed by atoms with Crippen LogP contribution < -0.4 is 5.32 Å². The highest BCUT2D eigenvalue weighted by atomic mass is 16.4. The van der Waals surface area contributed by atoms with Gasteiger partial charge in [-0.2, -0.15) is 5.10 Å². The molecule has 16 heavy (non-hydrogen) atoms. The second kappa shape index (κ2) is 4.94. The van der Waals surface area contributed by atoms with E-state index in [1.54, 1.807) is 6.20 Å². The summed E-state index contributed by atoms with van der Waals surface area (Å²) in [6.45, 7) is 6.24. The number of rotatable bonds is 5. The van der Waals surface area contributed by atoms with Crippen LogP contribution in [0.3, 0.4) is 0 Å². The van der Waals surface area contributed by atoms with Crippen LogP contribution in [0, 0.1) is 13.8 Å². The van der Waals surface area contributed by atoms with Crippen LogP contribution in [0.4, 0.5) is 0 Å². The Balaban J connectivity index is 1.72. The lowest BCUT2D eigenvalue weighted by atomic mass is 10.4. The normalized spacial score (nSPS) is 10.9. The Morgan fingerprint density at radius 3 is 2.94 bits per heavy atom. The average Bonchev–Trinajstić information content (AvgIpc) is 2.85. The van der Waals surface area contributed by atoms with Gasteiger partial charge in [-0.3, -0.25) is 4.68 Å². The molecule has 1 N–H and O–H groups in total. The van der Waals surface area contributed by atoms with E-state index in [2.05, 4.69) is 15.4 Å². The van der Waals surface area contributed by atoms with E-state index in [-0.39, 0.29) is 0 Å². The lowest BCUT2D eigenvalue weighted by Gasteiger charge is -2.02. The lowest BCUT2D eigenvalue weighted by Crippen LogP contribution is -2.19. The van der Waals surface area contributed by atoms with Crippen molar-refractivity contribution in [3.63, 3.8) is 0 Å². The van der Waals surface area contributed by atoms with Gasteiger partial charge in [-0.15, -0.1) is 0 Å². The molecule has 5 nitrogen and oxygen atoms in total. The van der Waals surface area contributed by atoms with E-state index in [1.165, 1.54) is 0 Å². The molecule has 0 aliphatic heterocycles. The summed E-state index contributed by atoms with van der Waals surface area (Å²) in [5, 5.41) is 7.38. The Kier molecular flexibility index (Phi) is 3.36. The van der Waals surface area contributed by atoms with Crippen molar-refractivity contribution in [1.29, 1.82) is 0 Å². The maximum Gasteiger partial charge on any atom is 0.208 e. The number of hydrogen-bond acceptors (Lipinski definition) is 4. The minimum absolute atomic E-state index is 0.663. The van der Waals surface area contributed by atoms with Crippen molar-refractivity contribution in [2.24, 2.45) is 0 Å². The van der Waals surface area contributed by atoms with Crippen molar-refractivity contribution < 1.29 is 4.42 Å². The summed E-state index contributed by atoms with van der Waals surface area (Å²) in [6, 6.07) is 1.92. The molecule has 5 heteroatoms. The molecule has 0 radical (unpaired) electrons. The van der Waals surface area contributed by atoms with Crippen molar-refractivity contribution in [3.05, 3.63) is 35.8 Å². The summed E-state index contributed by atoms with van der Waals surface area (Å²) in [4.78, 5) is 4.29. The largest absolute Gasteiger partial charge is 0.444 e. The highest BCUT2D eigenvalue weighted by Crippen LogP contribution is 2.07. The Hall–Kier alpha value is -1.62. The van der Waals surface area contributed by atoms with Crippen LogP contribution >= 0.6 is 0 Å². The standard InChI is InChI=1S/C11H16N4O/c1-9-10(2)16-11(14-9)8-12-5-7-15-6-3-4-13-15/h3-4,6,12H,5,7-8H2,1-2H3. The molecule has 0 aliphatic rings. The monoisotopic (exact) mass is 220 g/mol. The smallest absolute Gasteiger partial charge is 0.208 e. The molecule has 0 aromatic carbocycles. The van der Waals surface area contributed by atoms with E-state index in [4.69, 9.17) is 4.42 Å². The molecule has 2 aromatic rings. The highest BCUT2D eigenvalue weighted by Gasteiger charge is 2.04. The van der Waals surface area contributed by atoms with Crippen molar-refractivity contribution in [3.8, 4) is 0 Å². The van der Waals surface area contributed by atoms with Gasteiger partial charge in [-0.05, 0) is 19.9 Å². The minimum Gasteiger partial charge on any atom is -0.444 e. The summed E-state index contributed by atoms with van der Waals surface area (Å²) in [5.41, 5.74) is 0.962. The second-order valence-electron chi connectivity index (χ2n) is 3.70. The van der Waals surface area contributed by atoms with E-state index >= 15 is 0 Å². The highest BCUT2D eigenvalue weighted by molar-refractivity contribution is 5.04. The fraction of sp³-hybridized carbons (Fsp3) is 0.455.